The summed E-state index contributed by atoms with van der Waals surface area (Å²) in [6.07, 6.45) is -0.239. The molecule has 6 heteroatoms. The van der Waals surface area contributed by atoms with Crippen LogP contribution < -0.4 is 10.6 Å². The Hall–Kier alpha value is -1.14. The smallest absolute Gasteiger partial charge is 0.305 e. The predicted molar refractivity (Wildman–Crippen MR) is 52.5 cm³/mol. The lowest BCUT2D eigenvalue weighted by Crippen LogP contribution is -2.55. The van der Waals surface area contributed by atoms with E-state index in [1.54, 1.807) is 0 Å². The van der Waals surface area contributed by atoms with Crippen LogP contribution in [0.3, 0.4) is 0 Å². The highest BCUT2D eigenvalue weighted by Crippen LogP contribution is 2.03. The molecule has 0 saturated carbocycles. The Bertz CT molecular complexity index is 244. The lowest BCUT2D eigenvalue weighted by Gasteiger charge is -2.29. The Balaban J connectivity index is 2.29. The summed E-state index contributed by atoms with van der Waals surface area (Å²) in [5.41, 5.74) is 0. The van der Waals surface area contributed by atoms with E-state index in [2.05, 4.69) is 10.6 Å². The zero-order valence-electron chi connectivity index (χ0n) is 8.66. The quantitative estimate of drug-likeness (QED) is 0.558. The molecule has 15 heavy (non-hydrogen) atoms. The maximum atomic E-state index is 11.5. The fraction of sp³-hybridized carbons (Fsp3) is 0.778. The van der Waals surface area contributed by atoms with Crippen molar-refractivity contribution in [2.24, 2.45) is 0 Å². The summed E-state index contributed by atoms with van der Waals surface area (Å²) < 4.78 is 5.30. The molecule has 0 spiro atoms. The molecule has 0 radical (unpaired) electrons. The fourth-order valence-corrected chi connectivity index (χ4v) is 1.43. The molecule has 0 aromatic heterocycles. The number of carboxylic acids is 1. The maximum absolute atomic E-state index is 11.5. The number of ether oxygens (including phenoxy) is 1. The van der Waals surface area contributed by atoms with Crippen molar-refractivity contribution >= 4 is 11.9 Å². The summed E-state index contributed by atoms with van der Waals surface area (Å²) in [7, 11) is 0. The molecular formula is C9H16N2O4. The highest BCUT2D eigenvalue weighted by Gasteiger charge is 2.27. The van der Waals surface area contributed by atoms with Gasteiger partial charge in [-0.3, -0.25) is 9.59 Å². The van der Waals surface area contributed by atoms with Crippen LogP contribution in [0.15, 0.2) is 0 Å². The van der Waals surface area contributed by atoms with Gasteiger partial charge in [-0.1, -0.05) is 0 Å². The number of carbonyl (C=O) groups is 2. The number of carbonyl (C=O) groups excluding carboxylic acids is 1. The van der Waals surface area contributed by atoms with Gasteiger partial charge in [0.05, 0.1) is 19.1 Å². The summed E-state index contributed by atoms with van der Waals surface area (Å²) in [5.74, 6) is -1.13. The van der Waals surface area contributed by atoms with Gasteiger partial charge in [-0.15, -0.1) is 0 Å². The number of hydrogen-bond donors (Lipinski definition) is 3. The zero-order chi connectivity index (χ0) is 11.3. The molecule has 1 fully saturated rings. The molecule has 1 aliphatic rings. The highest BCUT2D eigenvalue weighted by atomic mass is 16.5. The van der Waals surface area contributed by atoms with Gasteiger partial charge in [-0.2, -0.15) is 0 Å². The Labute approximate surface area is 88.0 Å². The van der Waals surface area contributed by atoms with Crippen LogP contribution in [0.4, 0.5) is 0 Å². The van der Waals surface area contributed by atoms with E-state index in [0.717, 1.165) is 0 Å². The summed E-state index contributed by atoms with van der Waals surface area (Å²) in [6, 6.07) is -0.382. The van der Waals surface area contributed by atoms with Gasteiger partial charge in [0.15, 0.2) is 0 Å². The summed E-state index contributed by atoms with van der Waals surface area (Å²) in [4.78, 5) is 21.8. The van der Waals surface area contributed by atoms with Crippen LogP contribution in [-0.4, -0.2) is 48.8 Å². The van der Waals surface area contributed by atoms with Gasteiger partial charge in [0.1, 0.15) is 6.04 Å². The number of hydrogen-bond acceptors (Lipinski definition) is 4. The van der Waals surface area contributed by atoms with E-state index >= 15 is 0 Å². The SMILES string of the molecule is CC1OCCNC1C(=O)NCCC(=O)O. The average Bonchev–Trinajstić information content (AvgIpc) is 2.17. The van der Waals surface area contributed by atoms with Crippen LogP contribution in [-0.2, 0) is 14.3 Å². The van der Waals surface area contributed by atoms with Crippen LogP contribution in [0.5, 0.6) is 0 Å². The normalized spacial score (nSPS) is 25.9. The van der Waals surface area contributed by atoms with E-state index in [4.69, 9.17) is 9.84 Å². The van der Waals surface area contributed by atoms with E-state index in [1.807, 2.05) is 6.92 Å². The lowest BCUT2D eigenvalue weighted by atomic mass is 10.1. The fourth-order valence-electron chi connectivity index (χ4n) is 1.43. The monoisotopic (exact) mass is 216 g/mol. The van der Waals surface area contributed by atoms with Crippen LogP contribution >= 0.6 is 0 Å². The second-order valence-corrected chi connectivity index (χ2v) is 3.44. The minimum Gasteiger partial charge on any atom is -0.481 e. The molecule has 2 atom stereocenters. The second-order valence-electron chi connectivity index (χ2n) is 3.44. The molecule has 1 heterocycles. The molecule has 1 saturated heterocycles. The molecule has 0 aromatic rings. The predicted octanol–water partition coefficient (Wildman–Crippen LogP) is -1.05. The van der Waals surface area contributed by atoms with Crippen molar-refractivity contribution in [1.82, 2.24) is 10.6 Å². The summed E-state index contributed by atoms with van der Waals surface area (Å²) in [5, 5.41) is 14.0. The van der Waals surface area contributed by atoms with Crippen LogP contribution in [0.25, 0.3) is 0 Å². The third-order valence-electron chi connectivity index (χ3n) is 2.24. The van der Waals surface area contributed by atoms with Gasteiger partial charge < -0.3 is 20.5 Å². The van der Waals surface area contributed by atoms with Gasteiger partial charge in [-0.05, 0) is 6.92 Å². The first-order chi connectivity index (χ1) is 7.11. The summed E-state index contributed by atoms with van der Waals surface area (Å²) >= 11 is 0. The van der Waals surface area contributed by atoms with Crippen molar-refractivity contribution in [3.05, 3.63) is 0 Å². The van der Waals surface area contributed by atoms with Crippen molar-refractivity contribution < 1.29 is 19.4 Å². The molecule has 1 amide bonds. The molecular weight excluding hydrogens is 200 g/mol. The molecule has 3 N–H and O–H groups in total. The third-order valence-corrected chi connectivity index (χ3v) is 2.24. The van der Waals surface area contributed by atoms with Gasteiger partial charge in [0, 0.05) is 13.1 Å². The van der Waals surface area contributed by atoms with E-state index in [1.165, 1.54) is 0 Å². The van der Waals surface area contributed by atoms with E-state index < -0.39 is 5.97 Å². The number of carboxylic acid groups (broad SMARTS) is 1. The standard InChI is InChI=1S/C9H16N2O4/c1-6-8(10-4-5-15-6)9(14)11-3-2-7(12)13/h6,8,10H,2-5H2,1H3,(H,11,14)(H,12,13). The second kappa shape index (κ2) is 5.67. The first kappa shape index (κ1) is 11.9. The van der Waals surface area contributed by atoms with Gasteiger partial charge in [0.2, 0.25) is 5.91 Å². The van der Waals surface area contributed by atoms with Crippen LogP contribution in [0.1, 0.15) is 13.3 Å². The molecule has 1 aliphatic heterocycles. The lowest BCUT2D eigenvalue weighted by molar-refractivity contribution is -0.137. The molecule has 6 nitrogen and oxygen atoms in total. The Morgan fingerprint density at radius 3 is 2.93 bits per heavy atom. The minimum atomic E-state index is -0.920. The zero-order valence-corrected chi connectivity index (χ0v) is 8.66. The van der Waals surface area contributed by atoms with Crippen molar-refractivity contribution in [2.75, 3.05) is 19.7 Å². The average molecular weight is 216 g/mol. The van der Waals surface area contributed by atoms with Gasteiger partial charge in [0.25, 0.3) is 0 Å². The highest BCUT2D eigenvalue weighted by molar-refractivity contribution is 5.82. The minimum absolute atomic E-state index is 0.0618. The first-order valence-corrected chi connectivity index (χ1v) is 4.95. The molecule has 0 aromatic carbocycles. The molecule has 1 rings (SSSR count). The molecule has 0 aliphatic carbocycles. The Morgan fingerprint density at radius 1 is 1.60 bits per heavy atom. The number of amides is 1. The van der Waals surface area contributed by atoms with Crippen molar-refractivity contribution in [3.8, 4) is 0 Å². The largest absolute Gasteiger partial charge is 0.481 e. The maximum Gasteiger partial charge on any atom is 0.305 e. The first-order valence-electron chi connectivity index (χ1n) is 4.95. The summed E-state index contributed by atoms with van der Waals surface area (Å²) in [6.45, 7) is 3.20. The van der Waals surface area contributed by atoms with Crippen LogP contribution in [0, 0.1) is 0 Å². The third kappa shape index (κ3) is 3.85. The number of nitrogens with one attached hydrogen (secondary N) is 2. The van der Waals surface area contributed by atoms with E-state index in [-0.39, 0.29) is 31.0 Å². The van der Waals surface area contributed by atoms with Crippen molar-refractivity contribution in [2.45, 2.75) is 25.5 Å². The number of morpholine rings is 1. The van der Waals surface area contributed by atoms with Crippen molar-refractivity contribution in [3.63, 3.8) is 0 Å². The van der Waals surface area contributed by atoms with Crippen molar-refractivity contribution in [1.29, 1.82) is 0 Å². The van der Waals surface area contributed by atoms with Gasteiger partial charge >= 0.3 is 5.97 Å². The number of aliphatic carboxylic acids is 1. The topological polar surface area (TPSA) is 87.7 Å². The molecule has 2 unspecified atom stereocenters. The van der Waals surface area contributed by atoms with Crippen LogP contribution in [0.2, 0.25) is 0 Å². The molecule has 0 bridgehead atoms. The van der Waals surface area contributed by atoms with Gasteiger partial charge in [-0.25, -0.2) is 0 Å². The Morgan fingerprint density at radius 2 is 2.33 bits per heavy atom. The number of rotatable bonds is 4. The molecule has 86 valence electrons. The van der Waals surface area contributed by atoms with E-state index in [9.17, 15) is 9.59 Å². The van der Waals surface area contributed by atoms with E-state index in [0.29, 0.717) is 13.2 Å². The Kier molecular flexibility index (Phi) is 4.51.